The van der Waals surface area contributed by atoms with Crippen LogP contribution in [-0.2, 0) is 20.9 Å². The van der Waals surface area contributed by atoms with E-state index in [1.807, 2.05) is 30.3 Å². The molecule has 4 heteroatoms. The number of benzene rings is 1. The van der Waals surface area contributed by atoms with Crippen LogP contribution in [0.2, 0.25) is 0 Å². The van der Waals surface area contributed by atoms with Crippen LogP contribution in [0, 0.1) is 0 Å². The van der Waals surface area contributed by atoms with Crippen LogP contribution in [0.15, 0.2) is 30.3 Å². The van der Waals surface area contributed by atoms with Gasteiger partial charge >= 0.3 is 5.97 Å². The zero-order valence-electron chi connectivity index (χ0n) is 13.5. The van der Waals surface area contributed by atoms with E-state index in [1.165, 1.54) is 12.8 Å². The van der Waals surface area contributed by atoms with Gasteiger partial charge in [0.15, 0.2) is 0 Å². The van der Waals surface area contributed by atoms with Crippen LogP contribution < -0.4 is 5.32 Å². The molecular formula is C18H27NO3. The average Bonchev–Trinajstić information content (AvgIpc) is 2.54. The fraction of sp³-hybridized carbons (Fsp3) is 0.556. The molecular weight excluding hydrogens is 278 g/mol. The molecule has 0 fully saturated rings. The van der Waals surface area contributed by atoms with E-state index < -0.39 is 0 Å². The largest absolute Gasteiger partial charge is 0.466 e. The lowest BCUT2D eigenvalue weighted by atomic mass is 10.2. The van der Waals surface area contributed by atoms with Gasteiger partial charge in [0, 0.05) is 13.0 Å². The van der Waals surface area contributed by atoms with Crippen molar-refractivity contribution >= 4 is 11.8 Å². The zero-order chi connectivity index (χ0) is 16.0. The number of ketones is 1. The molecule has 0 spiro atoms. The Hall–Kier alpha value is -1.68. The molecule has 0 heterocycles. The van der Waals surface area contributed by atoms with E-state index in [0.717, 1.165) is 18.4 Å². The number of unbranched alkanes of at least 4 members (excludes halogenated alkanes) is 3. The molecule has 0 aliphatic heterocycles. The van der Waals surface area contributed by atoms with Gasteiger partial charge in [0.05, 0.1) is 19.6 Å². The summed E-state index contributed by atoms with van der Waals surface area (Å²) in [6.45, 7) is 3.57. The number of ether oxygens (including phenoxy) is 1. The maximum atomic E-state index is 11.7. The number of nitrogens with one attached hydrogen (secondary N) is 1. The quantitative estimate of drug-likeness (QED) is 0.476. The van der Waals surface area contributed by atoms with Crippen LogP contribution in [0.25, 0.3) is 0 Å². The van der Waals surface area contributed by atoms with Crippen LogP contribution in [0.1, 0.15) is 51.0 Å². The second-order valence-corrected chi connectivity index (χ2v) is 5.41. The summed E-state index contributed by atoms with van der Waals surface area (Å²) < 4.78 is 5.10. The van der Waals surface area contributed by atoms with Crippen molar-refractivity contribution < 1.29 is 14.3 Å². The Morgan fingerprint density at radius 2 is 1.82 bits per heavy atom. The van der Waals surface area contributed by atoms with Crippen molar-refractivity contribution in [1.29, 1.82) is 0 Å². The van der Waals surface area contributed by atoms with E-state index in [0.29, 0.717) is 19.7 Å². The Kier molecular flexibility index (Phi) is 9.96. The summed E-state index contributed by atoms with van der Waals surface area (Å²) in [5, 5.41) is 3.09. The molecule has 0 amide bonds. The van der Waals surface area contributed by atoms with E-state index in [2.05, 4.69) is 12.2 Å². The SMILES string of the molecule is CCCCCCOC(=O)CCC(=O)CNCc1ccccc1. The van der Waals surface area contributed by atoms with Gasteiger partial charge in [-0.25, -0.2) is 0 Å². The first-order chi connectivity index (χ1) is 10.7. The van der Waals surface area contributed by atoms with Crippen molar-refractivity contribution in [3.8, 4) is 0 Å². The smallest absolute Gasteiger partial charge is 0.306 e. The number of hydrogen-bond donors (Lipinski definition) is 1. The molecule has 1 aromatic carbocycles. The van der Waals surface area contributed by atoms with Crippen molar-refractivity contribution in [3.05, 3.63) is 35.9 Å². The molecule has 1 aromatic rings. The number of carbonyl (C=O) groups excluding carboxylic acids is 2. The highest BCUT2D eigenvalue weighted by molar-refractivity contribution is 5.84. The molecule has 0 saturated heterocycles. The lowest BCUT2D eigenvalue weighted by molar-refractivity contribution is -0.144. The molecule has 1 N–H and O–H groups in total. The molecule has 0 bridgehead atoms. The second-order valence-electron chi connectivity index (χ2n) is 5.41. The van der Waals surface area contributed by atoms with E-state index in [9.17, 15) is 9.59 Å². The fourth-order valence-electron chi connectivity index (χ4n) is 2.06. The van der Waals surface area contributed by atoms with Gasteiger partial charge in [-0.1, -0.05) is 56.5 Å². The normalized spacial score (nSPS) is 10.4. The van der Waals surface area contributed by atoms with Crippen LogP contribution >= 0.6 is 0 Å². The summed E-state index contributed by atoms with van der Waals surface area (Å²) in [7, 11) is 0. The summed E-state index contributed by atoms with van der Waals surface area (Å²) in [5.74, 6) is -0.230. The highest BCUT2D eigenvalue weighted by atomic mass is 16.5. The lowest BCUT2D eigenvalue weighted by Gasteiger charge is -2.05. The molecule has 122 valence electrons. The Labute approximate surface area is 133 Å². The van der Waals surface area contributed by atoms with Gasteiger partial charge < -0.3 is 10.1 Å². The Balaban J connectivity index is 2.01. The van der Waals surface area contributed by atoms with E-state index in [4.69, 9.17) is 4.74 Å². The summed E-state index contributed by atoms with van der Waals surface area (Å²) in [6, 6.07) is 9.91. The Bertz CT molecular complexity index is 431. The average molecular weight is 305 g/mol. The predicted molar refractivity (Wildman–Crippen MR) is 87.5 cm³/mol. The lowest BCUT2D eigenvalue weighted by Crippen LogP contribution is -2.23. The van der Waals surface area contributed by atoms with Crippen LogP contribution in [0.4, 0.5) is 0 Å². The first-order valence-electron chi connectivity index (χ1n) is 8.14. The van der Waals surface area contributed by atoms with Gasteiger partial charge in [0.25, 0.3) is 0 Å². The third-order valence-corrected chi connectivity index (χ3v) is 3.36. The minimum Gasteiger partial charge on any atom is -0.466 e. The molecule has 4 nitrogen and oxygen atoms in total. The van der Waals surface area contributed by atoms with Gasteiger partial charge in [-0.05, 0) is 12.0 Å². The molecule has 0 aromatic heterocycles. The van der Waals surface area contributed by atoms with Gasteiger partial charge in [-0.2, -0.15) is 0 Å². The molecule has 1 rings (SSSR count). The number of hydrogen-bond acceptors (Lipinski definition) is 4. The minimum absolute atomic E-state index is 0.0406. The van der Waals surface area contributed by atoms with E-state index >= 15 is 0 Å². The Morgan fingerprint density at radius 3 is 2.55 bits per heavy atom. The van der Waals surface area contributed by atoms with Gasteiger partial charge in [-0.15, -0.1) is 0 Å². The van der Waals surface area contributed by atoms with Crippen LogP contribution in [0.5, 0.6) is 0 Å². The van der Waals surface area contributed by atoms with Crippen molar-refractivity contribution in [3.63, 3.8) is 0 Å². The summed E-state index contributed by atoms with van der Waals surface area (Å²) in [6.07, 6.45) is 4.76. The molecule has 0 unspecified atom stereocenters. The molecule has 0 radical (unpaired) electrons. The maximum Gasteiger partial charge on any atom is 0.306 e. The standard InChI is InChI=1S/C18H27NO3/c1-2-3-4-8-13-22-18(21)12-11-17(20)15-19-14-16-9-6-5-7-10-16/h5-7,9-10,19H,2-4,8,11-15H2,1H3. The number of Topliss-reactive ketones (excluding diaryl/α,β-unsaturated/α-hetero) is 1. The van der Waals surface area contributed by atoms with Crippen molar-refractivity contribution in [1.82, 2.24) is 5.32 Å². The predicted octanol–water partition coefficient (Wildman–Crippen LogP) is 3.25. The summed E-state index contributed by atoms with van der Waals surface area (Å²) in [5.41, 5.74) is 1.14. The molecule has 0 aliphatic carbocycles. The summed E-state index contributed by atoms with van der Waals surface area (Å²) in [4.78, 5) is 23.2. The van der Waals surface area contributed by atoms with Gasteiger partial charge in [-0.3, -0.25) is 9.59 Å². The fourth-order valence-corrected chi connectivity index (χ4v) is 2.06. The number of rotatable bonds is 12. The van der Waals surface area contributed by atoms with Crippen LogP contribution in [-0.4, -0.2) is 24.9 Å². The first kappa shape index (κ1) is 18.4. The minimum atomic E-state index is -0.270. The third kappa shape index (κ3) is 9.29. The van der Waals surface area contributed by atoms with Gasteiger partial charge in [0.1, 0.15) is 5.78 Å². The number of carbonyl (C=O) groups is 2. The maximum absolute atomic E-state index is 11.7. The van der Waals surface area contributed by atoms with E-state index in [1.54, 1.807) is 0 Å². The molecule has 0 aliphatic rings. The summed E-state index contributed by atoms with van der Waals surface area (Å²) >= 11 is 0. The van der Waals surface area contributed by atoms with Crippen molar-refractivity contribution in [2.75, 3.05) is 13.2 Å². The zero-order valence-corrected chi connectivity index (χ0v) is 13.5. The second kappa shape index (κ2) is 11.9. The van der Waals surface area contributed by atoms with E-state index in [-0.39, 0.29) is 24.6 Å². The Morgan fingerprint density at radius 1 is 1.05 bits per heavy atom. The highest BCUT2D eigenvalue weighted by Gasteiger charge is 2.07. The monoisotopic (exact) mass is 305 g/mol. The van der Waals surface area contributed by atoms with Gasteiger partial charge in [0.2, 0.25) is 0 Å². The molecule has 22 heavy (non-hydrogen) atoms. The topological polar surface area (TPSA) is 55.4 Å². The third-order valence-electron chi connectivity index (χ3n) is 3.36. The highest BCUT2D eigenvalue weighted by Crippen LogP contribution is 2.01. The molecule has 0 atom stereocenters. The number of esters is 1. The van der Waals surface area contributed by atoms with Crippen LogP contribution in [0.3, 0.4) is 0 Å². The first-order valence-corrected chi connectivity index (χ1v) is 8.14. The van der Waals surface area contributed by atoms with Crippen molar-refractivity contribution in [2.45, 2.75) is 52.0 Å². The molecule has 0 saturated carbocycles. The van der Waals surface area contributed by atoms with Crippen molar-refractivity contribution in [2.24, 2.45) is 0 Å².